The minimum Gasteiger partial charge on any atom is -0.310 e. The van der Waals surface area contributed by atoms with E-state index in [0.29, 0.717) is 65.9 Å². The summed E-state index contributed by atoms with van der Waals surface area (Å²) in [6.07, 6.45) is 0. The molecular weight excluding hydrogens is 1090 g/mol. The second-order valence-electron chi connectivity index (χ2n) is 25.9. The lowest BCUT2D eigenvalue weighted by Gasteiger charge is -2.38. The van der Waals surface area contributed by atoms with Gasteiger partial charge in [0.25, 0.3) is 6.71 Å². The number of para-hydroxylation sites is 4. The molecule has 5 heterocycles. The van der Waals surface area contributed by atoms with Crippen LogP contribution in [-0.4, -0.2) is 20.4 Å². The molecule has 2 aliphatic rings. The first-order chi connectivity index (χ1) is 49.9. The quantitative estimate of drug-likeness (QED) is 0.157. The largest absolute Gasteiger partial charge is 0.310 e. The average Bonchev–Trinajstić information content (AvgIpc) is 1.01. The van der Waals surface area contributed by atoms with Crippen LogP contribution in [0.2, 0.25) is 0 Å². The summed E-state index contributed by atoms with van der Waals surface area (Å²) in [6, 6.07) is 58.2. The van der Waals surface area contributed by atoms with Gasteiger partial charge in [0, 0.05) is 60.3 Å². The molecule has 0 N–H and O–H groups in total. The fourth-order valence-electron chi connectivity index (χ4n) is 14.9. The smallest absolute Gasteiger partial charge is 0.252 e. The van der Waals surface area contributed by atoms with Crippen LogP contribution in [0.25, 0.3) is 148 Å². The van der Waals surface area contributed by atoms with Gasteiger partial charge in [-0.3, -0.25) is 0 Å². The van der Waals surface area contributed by atoms with E-state index in [9.17, 15) is 19.2 Å². The van der Waals surface area contributed by atoms with Crippen LogP contribution < -0.4 is 16.4 Å². The number of aromatic nitrogens is 3. The maximum absolute atomic E-state index is 11.6. The maximum atomic E-state index is 11.6. The molecule has 16 aromatic rings. The summed E-state index contributed by atoms with van der Waals surface area (Å²) in [6.45, 7) is 10.8. The molecule has 0 bridgehead atoms. The van der Waals surface area contributed by atoms with Crippen molar-refractivity contribution < 1.29 is 19.2 Å². The number of hydrogen-bond donors (Lipinski definition) is 0. The molecule has 13 aromatic carbocycles. The second-order valence-corrected chi connectivity index (χ2v) is 25.9. The highest BCUT2D eigenvalue weighted by Gasteiger charge is 2.42. The molecule has 0 atom stereocenters. The summed E-state index contributed by atoms with van der Waals surface area (Å²) in [5, 5.41) is 7.80. The van der Waals surface area contributed by atoms with Crippen molar-refractivity contribution in [3.05, 3.63) is 290 Å². The number of nitrogens with zero attached hydrogens (tertiary/aromatic N) is 3. The predicted octanol–water partition coefficient (Wildman–Crippen LogP) is 20.9. The molecule has 2 aliphatic heterocycles. The molecule has 0 radical (unpaired) electrons. The highest BCUT2D eigenvalue weighted by molar-refractivity contribution is 7.00. The third-order valence-electron chi connectivity index (χ3n) is 18.7. The Morgan fingerprint density at radius 2 is 0.700 bits per heavy atom. The Morgan fingerprint density at radius 1 is 0.311 bits per heavy atom. The van der Waals surface area contributed by atoms with Crippen molar-refractivity contribution in [2.24, 2.45) is 0 Å². The second kappa shape index (κ2) is 19.4. The van der Waals surface area contributed by atoms with Gasteiger partial charge in [-0.1, -0.05) is 290 Å². The fourth-order valence-corrected chi connectivity index (χ4v) is 14.9. The highest BCUT2D eigenvalue weighted by atomic mass is 15.0. The average molecular weight is 1160 g/mol. The zero-order valence-electron chi connectivity index (χ0n) is 64.4. The molecule has 0 amide bonds. The van der Waals surface area contributed by atoms with Crippen molar-refractivity contribution in [1.29, 1.82) is 0 Å². The van der Waals surface area contributed by atoms with Crippen LogP contribution in [0.1, 0.15) is 71.9 Å². The van der Waals surface area contributed by atoms with Crippen LogP contribution in [-0.2, 0) is 10.8 Å². The lowest BCUT2D eigenvalue weighted by atomic mass is 9.34. The van der Waals surface area contributed by atoms with Gasteiger partial charge in [0.1, 0.15) is 0 Å². The van der Waals surface area contributed by atoms with Crippen molar-refractivity contribution >= 4 is 132 Å². The van der Waals surface area contributed by atoms with Crippen LogP contribution in [0.5, 0.6) is 0 Å². The van der Waals surface area contributed by atoms with Crippen molar-refractivity contribution in [2.75, 3.05) is 0 Å². The molecule has 0 fully saturated rings. The number of fused-ring (bicyclic) bond motifs is 21. The standard InChI is InChI=1S/C86H64BN3/c1-85(2,3)55-51-76-80-77(52-55)90-82-57(54-29-11-8-12-30-54)42-26-44-69(82)63-36-16-14-32-59(63)61-34-18-20-40-67(61)79-75(88-73-45-23-21-37-64(73)65-38-22-24-46-74(65)88)50-49-72(84(79)90)87(80)71-48-47-70(86(4,5)6)78-66-39-19-17-33-60(66)58-31-13-15-35-62(58)68-43-25-41-56(53-27-9-7-10-28-53)81(68)89(76)83(71)78/h7-52H,1-6H3/i21D,22D,23D,24D,37D,38D,45D,46D,47D,48D,49D,50D,51D,52D. The Hall–Kier alpha value is -10.7. The van der Waals surface area contributed by atoms with Crippen LogP contribution in [0.4, 0.5) is 0 Å². The van der Waals surface area contributed by atoms with E-state index in [-0.39, 0.29) is 79.2 Å². The van der Waals surface area contributed by atoms with Gasteiger partial charge < -0.3 is 13.7 Å². The molecule has 3 aromatic heterocycles. The van der Waals surface area contributed by atoms with Crippen molar-refractivity contribution in [1.82, 2.24) is 13.7 Å². The summed E-state index contributed by atoms with van der Waals surface area (Å²) >= 11 is 0. The molecule has 4 heteroatoms. The van der Waals surface area contributed by atoms with Gasteiger partial charge in [0.2, 0.25) is 0 Å². The van der Waals surface area contributed by atoms with E-state index >= 15 is 0 Å². The number of benzene rings is 13. The van der Waals surface area contributed by atoms with Crippen LogP contribution in [0, 0.1) is 0 Å². The van der Waals surface area contributed by atoms with Gasteiger partial charge in [-0.05, 0) is 123 Å². The van der Waals surface area contributed by atoms with Crippen molar-refractivity contribution in [2.45, 2.75) is 52.4 Å². The third kappa shape index (κ3) is 7.48. The SMILES string of the molecule is [2H]c1c2c3c(c([2H])c1C(C)(C)C)-n1c4c(-c5ccccc5)cccc4c4ccccc4c4ccccc4c4c(C(C)(C)C)c([2H])c([2H])c(c41)B3c1c([2H])c([2H])c(-n3c4c([2H])c([2H])c([2H])c([2H])c4c4c([2H])c([2H])c([2H])c([2H])c43)c3c4ccccc4c4ccccc4c4cccc(-c5ccccc5)c4n-2c13. The van der Waals surface area contributed by atoms with Crippen LogP contribution in [0.3, 0.4) is 0 Å². The van der Waals surface area contributed by atoms with E-state index in [4.69, 9.17) is 0 Å². The Bertz CT molecular complexity index is 6720. The maximum Gasteiger partial charge on any atom is 0.252 e. The van der Waals surface area contributed by atoms with E-state index < -0.39 is 78.0 Å². The van der Waals surface area contributed by atoms with E-state index in [1.807, 2.05) is 165 Å². The number of rotatable bonds is 3. The van der Waals surface area contributed by atoms with Crippen molar-refractivity contribution in [3.63, 3.8) is 0 Å². The van der Waals surface area contributed by atoms with Gasteiger partial charge in [0.15, 0.2) is 0 Å². The number of hydrogen-bond acceptors (Lipinski definition) is 0. The Balaban J connectivity index is 1.27. The minimum absolute atomic E-state index is 0.0132. The molecule has 3 nitrogen and oxygen atoms in total. The van der Waals surface area contributed by atoms with E-state index in [0.717, 1.165) is 54.4 Å². The van der Waals surface area contributed by atoms with Gasteiger partial charge in [0.05, 0.1) is 52.5 Å². The summed E-state index contributed by atoms with van der Waals surface area (Å²) in [5.41, 5.74) is 4.79. The molecule has 426 valence electrons. The lowest BCUT2D eigenvalue weighted by molar-refractivity contribution is 0.589. The van der Waals surface area contributed by atoms with Gasteiger partial charge in [-0.2, -0.15) is 0 Å². The first-order valence-corrected chi connectivity index (χ1v) is 30.7. The van der Waals surface area contributed by atoms with E-state index in [1.165, 1.54) is 4.57 Å². The molecule has 0 unspecified atom stereocenters. The zero-order chi connectivity index (χ0) is 72.5. The highest BCUT2D eigenvalue weighted by Crippen LogP contribution is 2.47. The predicted molar refractivity (Wildman–Crippen MR) is 388 cm³/mol. The van der Waals surface area contributed by atoms with E-state index in [2.05, 4.69) is 79.9 Å². The summed E-state index contributed by atoms with van der Waals surface area (Å²) in [7, 11) is 0. The Kier molecular flexibility index (Phi) is 8.62. The zero-order valence-corrected chi connectivity index (χ0v) is 50.4. The molecule has 0 spiro atoms. The van der Waals surface area contributed by atoms with Gasteiger partial charge >= 0.3 is 0 Å². The molecular formula is C86H64BN3. The lowest BCUT2D eigenvalue weighted by Crippen LogP contribution is -2.60. The monoisotopic (exact) mass is 1160 g/mol. The first kappa shape index (κ1) is 40.0. The topological polar surface area (TPSA) is 14.8 Å². The third-order valence-corrected chi connectivity index (χ3v) is 18.7. The molecule has 18 rings (SSSR count). The van der Waals surface area contributed by atoms with Crippen molar-refractivity contribution in [3.8, 4) is 39.3 Å². The molecule has 0 aliphatic carbocycles. The minimum atomic E-state index is -1.38. The van der Waals surface area contributed by atoms with Gasteiger partial charge in [-0.15, -0.1) is 0 Å². The fraction of sp³-hybridized carbons (Fsp3) is 0.0930. The summed E-state index contributed by atoms with van der Waals surface area (Å²) < 4.78 is 151. The molecule has 0 saturated carbocycles. The van der Waals surface area contributed by atoms with Crippen LogP contribution in [0.15, 0.2) is 279 Å². The van der Waals surface area contributed by atoms with Gasteiger partial charge in [-0.25, -0.2) is 0 Å². The normalized spacial score (nSPS) is 14.9. The Labute approximate surface area is 543 Å². The molecule has 0 saturated heterocycles. The molecule has 90 heavy (non-hydrogen) atoms. The summed E-state index contributed by atoms with van der Waals surface area (Å²) in [4.78, 5) is 0. The first-order valence-electron chi connectivity index (χ1n) is 37.7. The Morgan fingerprint density at radius 3 is 1.17 bits per heavy atom. The van der Waals surface area contributed by atoms with E-state index in [1.54, 1.807) is 0 Å². The van der Waals surface area contributed by atoms with Crippen LogP contribution >= 0.6 is 0 Å². The summed E-state index contributed by atoms with van der Waals surface area (Å²) in [5.74, 6) is 0.